The van der Waals surface area contributed by atoms with Gasteiger partial charge in [-0.1, -0.05) is 0 Å². The van der Waals surface area contributed by atoms with Crippen LogP contribution in [0.4, 0.5) is 5.69 Å². The van der Waals surface area contributed by atoms with Crippen molar-refractivity contribution < 1.29 is 19.0 Å². The lowest BCUT2D eigenvalue weighted by Gasteiger charge is -2.25. The smallest absolute Gasteiger partial charge is 0.255 e. The quantitative estimate of drug-likeness (QED) is 0.750. The number of hydrogen-bond donors (Lipinski definition) is 1. The molecule has 1 N–H and O–H groups in total. The maximum absolute atomic E-state index is 12.5. The minimum Gasteiger partial charge on any atom is -0.490 e. The van der Waals surface area contributed by atoms with E-state index in [9.17, 15) is 4.79 Å². The summed E-state index contributed by atoms with van der Waals surface area (Å²) in [4.78, 5) is 12.5. The number of rotatable bonds is 8. The van der Waals surface area contributed by atoms with Crippen LogP contribution in [-0.2, 0) is 0 Å². The molecule has 0 radical (unpaired) electrons. The van der Waals surface area contributed by atoms with Crippen molar-refractivity contribution in [3.05, 3.63) is 48.0 Å². The van der Waals surface area contributed by atoms with Gasteiger partial charge >= 0.3 is 0 Å². The number of amides is 1. The van der Waals surface area contributed by atoms with Crippen LogP contribution in [0.2, 0.25) is 0 Å². The van der Waals surface area contributed by atoms with Crippen LogP contribution >= 0.6 is 11.8 Å². The van der Waals surface area contributed by atoms with Crippen LogP contribution in [-0.4, -0.2) is 36.7 Å². The molecule has 0 saturated carbocycles. The molecule has 1 aliphatic rings. The Balaban J connectivity index is 1.65. The molecule has 1 aliphatic heterocycles. The molecular formula is C20H23NO4S. The Kier molecular flexibility index (Phi) is 6.28. The zero-order valence-corrected chi connectivity index (χ0v) is 15.8. The first kappa shape index (κ1) is 18.5. The van der Waals surface area contributed by atoms with Gasteiger partial charge < -0.3 is 19.5 Å². The van der Waals surface area contributed by atoms with E-state index in [1.54, 1.807) is 18.2 Å². The summed E-state index contributed by atoms with van der Waals surface area (Å²) in [6.45, 7) is 4.85. The second kappa shape index (κ2) is 8.85. The summed E-state index contributed by atoms with van der Waals surface area (Å²) in [5, 5.41) is 2.89. The first-order chi connectivity index (χ1) is 12.7. The standard InChI is InChI=1S/C20H23NO4S/c1-3-23-18-10-5-14(11-19(18)24-4-2)20(22)21-15-6-8-16(9-7-15)25-17-12-26-13-17/h5-11,17H,3-4,12-13H2,1-2H3,(H,21,22). The molecule has 2 aromatic rings. The third kappa shape index (κ3) is 4.64. The minimum atomic E-state index is -0.196. The van der Waals surface area contributed by atoms with Gasteiger partial charge in [-0.25, -0.2) is 0 Å². The van der Waals surface area contributed by atoms with Crippen molar-refractivity contribution in [3.8, 4) is 17.2 Å². The summed E-state index contributed by atoms with van der Waals surface area (Å²) in [5.74, 6) is 3.92. The zero-order valence-electron chi connectivity index (χ0n) is 15.0. The zero-order chi connectivity index (χ0) is 18.4. The van der Waals surface area contributed by atoms with Crippen molar-refractivity contribution >= 4 is 23.4 Å². The van der Waals surface area contributed by atoms with E-state index < -0.39 is 0 Å². The van der Waals surface area contributed by atoms with E-state index in [-0.39, 0.29) is 5.91 Å². The molecule has 1 amide bonds. The van der Waals surface area contributed by atoms with Crippen LogP contribution in [0, 0.1) is 0 Å². The van der Waals surface area contributed by atoms with Gasteiger partial charge in [-0.15, -0.1) is 0 Å². The van der Waals surface area contributed by atoms with Crippen LogP contribution in [0.5, 0.6) is 17.2 Å². The average Bonchev–Trinajstić information content (AvgIpc) is 2.61. The first-order valence-corrected chi connectivity index (χ1v) is 9.90. The number of carbonyl (C=O) groups excluding carboxylic acids is 1. The Bertz CT molecular complexity index is 744. The molecule has 0 spiro atoms. The van der Waals surface area contributed by atoms with Gasteiger partial charge in [0.1, 0.15) is 11.9 Å². The third-order valence-electron chi connectivity index (χ3n) is 3.83. The summed E-state index contributed by atoms with van der Waals surface area (Å²) >= 11 is 1.88. The largest absolute Gasteiger partial charge is 0.490 e. The lowest BCUT2D eigenvalue weighted by molar-refractivity contribution is 0.102. The third-order valence-corrected chi connectivity index (χ3v) is 5.04. The second-order valence-electron chi connectivity index (χ2n) is 5.78. The van der Waals surface area contributed by atoms with Crippen molar-refractivity contribution in [1.82, 2.24) is 0 Å². The number of thioether (sulfide) groups is 1. The Labute approximate surface area is 158 Å². The van der Waals surface area contributed by atoms with Gasteiger partial charge in [-0.05, 0) is 56.3 Å². The summed E-state index contributed by atoms with van der Waals surface area (Å²) in [7, 11) is 0. The van der Waals surface area contributed by atoms with Crippen molar-refractivity contribution in [1.29, 1.82) is 0 Å². The van der Waals surface area contributed by atoms with Crippen LogP contribution in [0.3, 0.4) is 0 Å². The van der Waals surface area contributed by atoms with Crippen LogP contribution < -0.4 is 19.5 Å². The van der Waals surface area contributed by atoms with E-state index >= 15 is 0 Å². The Morgan fingerprint density at radius 3 is 2.35 bits per heavy atom. The summed E-state index contributed by atoms with van der Waals surface area (Å²) in [5.41, 5.74) is 1.24. The molecule has 3 rings (SSSR count). The fourth-order valence-corrected chi connectivity index (χ4v) is 3.05. The predicted molar refractivity (Wildman–Crippen MR) is 105 cm³/mol. The number of hydrogen-bond acceptors (Lipinski definition) is 5. The molecule has 1 saturated heterocycles. The highest BCUT2D eigenvalue weighted by atomic mass is 32.2. The number of ether oxygens (including phenoxy) is 3. The highest BCUT2D eigenvalue weighted by Gasteiger charge is 2.19. The molecule has 0 aliphatic carbocycles. The van der Waals surface area contributed by atoms with E-state index in [2.05, 4.69) is 5.32 Å². The topological polar surface area (TPSA) is 56.8 Å². The van der Waals surface area contributed by atoms with Gasteiger partial charge in [-0.2, -0.15) is 11.8 Å². The van der Waals surface area contributed by atoms with Gasteiger partial charge in [0.15, 0.2) is 11.5 Å². The van der Waals surface area contributed by atoms with E-state index in [4.69, 9.17) is 14.2 Å². The Morgan fingerprint density at radius 1 is 1.04 bits per heavy atom. The van der Waals surface area contributed by atoms with Gasteiger partial charge in [0, 0.05) is 22.8 Å². The van der Waals surface area contributed by atoms with Gasteiger partial charge in [0.2, 0.25) is 0 Å². The van der Waals surface area contributed by atoms with Crippen molar-refractivity contribution in [2.24, 2.45) is 0 Å². The number of carbonyl (C=O) groups is 1. The van der Waals surface area contributed by atoms with Gasteiger partial charge in [0.05, 0.1) is 13.2 Å². The Hall–Kier alpha value is -2.34. The van der Waals surface area contributed by atoms with Crippen molar-refractivity contribution in [3.63, 3.8) is 0 Å². The van der Waals surface area contributed by atoms with Gasteiger partial charge in [-0.3, -0.25) is 4.79 Å². The molecule has 0 bridgehead atoms. The molecule has 6 heteroatoms. The number of benzene rings is 2. The van der Waals surface area contributed by atoms with Crippen molar-refractivity contribution in [2.75, 3.05) is 30.0 Å². The van der Waals surface area contributed by atoms with E-state index in [1.807, 2.05) is 49.9 Å². The van der Waals surface area contributed by atoms with Gasteiger partial charge in [0.25, 0.3) is 5.91 Å². The lowest BCUT2D eigenvalue weighted by Crippen LogP contribution is -2.30. The molecule has 2 aromatic carbocycles. The number of anilines is 1. The SMILES string of the molecule is CCOc1ccc(C(=O)Nc2ccc(OC3CSC3)cc2)cc1OCC. The average molecular weight is 373 g/mol. The fourth-order valence-electron chi connectivity index (χ4n) is 2.49. The normalized spacial score (nSPS) is 13.6. The maximum atomic E-state index is 12.5. The lowest BCUT2D eigenvalue weighted by atomic mass is 10.1. The molecular weight excluding hydrogens is 350 g/mol. The van der Waals surface area contributed by atoms with Crippen LogP contribution in [0.25, 0.3) is 0 Å². The second-order valence-corrected chi connectivity index (χ2v) is 6.86. The molecule has 0 atom stereocenters. The van der Waals surface area contributed by atoms with E-state index in [0.717, 1.165) is 22.9 Å². The van der Waals surface area contributed by atoms with Crippen LogP contribution in [0.1, 0.15) is 24.2 Å². The Morgan fingerprint density at radius 2 is 1.73 bits per heavy atom. The van der Waals surface area contributed by atoms with E-state index in [0.29, 0.717) is 36.4 Å². The maximum Gasteiger partial charge on any atom is 0.255 e. The van der Waals surface area contributed by atoms with Crippen molar-refractivity contribution in [2.45, 2.75) is 20.0 Å². The monoisotopic (exact) mass is 373 g/mol. The molecule has 0 unspecified atom stereocenters. The molecule has 5 nitrogen and oxygen atoms in total. The highest BCUT2D eigenvalue weighted by molar-refractivity contribution is 8.00. The molecule has 26 heavy (non-hydrogen) atoms. The predicted octanol–water partition coefficient (Wildman–Crippen LogP) is 4.23. The van der Waals surface area contributed by atoms with Crippen LogP contribution in [0.15, 0.2) is 42.5 Å². The molecule has 138 valence electrons. The fraction of sp³-hybridized carbons (Fsp3) is 0.350. The molecule has 1 fully saturated rings. The molecule has 0 aromatic heterocycles. The minimum absolute atomic E-state index is 0.196. The highest BCUT2D eigenvalue weighted by Crippen LogP contribution is 2.29. The first-order valence-electron chi connectivity index (χ1n) is 8.75. The number of nitrogens with one attached hydrogen (secondary N) is 1. The summed E-state index contributed by atoms with van der Waals surface area (Å²) in [6.07, 6.45) is 0.307. The summed E-state index contributed by atoms with van der Waals surface area (Å²) < 4.78 is 16.9. The van der Waals surface area contributed by atoms with E-state index in [1.165, 1.54) is 0 Å². The summed E-state index contributed by atoms with van der Waals surface area (Å²) in [6, 6.07) is 12.6. The molecule has 1 heterocycles.